The maximum absolute atomic E-state index is 12.7. The Morgan fingerprint density at radius 3 is 2.10 bits per heavy atom. The van der Waals surface area contributed by atoms with E-state index in [4.69, 9.17) is 9.47 Å². The Hall–Kier alpha value is -4.13. The summed E-state index contributed by atoms with van der Waals surface area (Å²) >= 11 is 0. The topological polar surface area (TPSA) is 93.7 Å². The predicted octanol–water partition coefficient (Wildman–Crippen LogP) is 2.72. The van der Waals surface area contributed by atoms with Gasteiger partial charge in [-0.1, -0.05) is 48.5 Å². The standard InChI is InChI=1S/C22H16N2O5/c25-20(14-6-2-1-3-7-14)16-8-4-5-9-17(16)22(27)24-23-21(26)15-10-11-18-19(12-15)29-13-28-18/h1-12H,13H2,(H,23,26)(H,24,27). The van der Waals surface area contributed by atoms with Gasteiger partial charge >= 0.3 is 0 Å². The molecule has 0 saturated carbocycles. The SMILES string of the molecule is O=C(NNC(=O)c1ccccc1C(=O)c1ccccc1)c1ccc2c(c1)OCO2. The van der Waals surface area contributed by atoms with Gasteiger partial charge in [-0.25, -0.2) is 0 Å². The van der Waals surface area contributed by atoms with E-state index in [0.717, 1.165) is 0 Å². The summed E-state index contributed by atoms with van der Waals surface area (Å²) in [5.41, 5.74) is 5.86. The highest BCUT2D eigenvalue weighted by Crippen LogP contribution is 2.32. The van der Waals surface area contributed by atoms with Crippen LogP contribution in [0.4, 0.5) is 0 Å². The van der Waals surface area contributed by atoms with Crippen LogP contribution in [0.25, 0.3) is 0 Å². The number of carbonyl (C=O) groups is 3. The number of hydrogen-bond acceptors (Lipinski definition) is 5. The monoisotopic (exact) mass is 388 g/mol. The number of benzene rings is 3. The molecule has 0 spiro atoms. The zero-order valence-electron chi connectivity index (χ0n) is 15.2. The van der Waals surface area contributed by atoms with E-state index in [1.54, 1.807) is 60.7 Å². The first-order chi connectivity index (χ1) is 14.1. The molecule has 2 amide bonds. The van der Waals surface area contributed by atoms with E-state index in [-0.39, 0.29) is 23.7 Å². The van der Waals surface area contributed by atoms with Crippen molar-refractivity contribution in [2.24, 2.45) is 0 Å². The van der Waals surface area contributed by atoms with Crippen LogP contribution < -0.4 is 20.3 Å². The number of carbonyl (C=O) groups excluding carboxylic acids is 3. The van der Waals surface area contributed by atoms with Crippen molar-refractivity contribution in [1.82, 2.24) is 10.9 Å². The van der Waals surface area contributed by atoms with Crippen molar-refractivity contribution in [3.8, 4) is 11.5 Å². The van der Waals surface area contributed by atoms with Gasteiger partial charge in [-0.15, -0.1) is 0 Å². The van der Waals surface area contributed by atoms with E-state index < -0.39 is 11.8 Å². The summed E-state index contributed by atoms with van der Waals surface area (Å²) in [5, 5.41) is 0. The third-order valence-corrected chi connectivity index (χ3v) is 4.38. The van der Waals surface area contributed by atoms with Crippen LogP contribution in [-0.2, 0) is 0 Å². The maximum Gasteiger partial charge on any atom is 0.270 e. The molecular weight excluding hydrogens is 372 g/mol. The first kappa shape index (κ1) is 18.2. The molecule has 3 aromatic rings. The molecule has 0 bridgehead atoms. The van der Waals surface area contributed by atoms with Crippen molar-refractivity contribution >= 4 is 17.6 Å². The first-order valence-electron chi connectivity index (χ1n) is 8.82. The van der Waals surface area contributed by atoms with E-state index in [2.05, 4.69) is 10.9 Å². The molecule has 4 rings (SSSR count). The normalized spacial score (nSPS) is 11.6. The average Bonchev–Trinajstić information content (AvgIpc) is 3.25. The van der Waals surface area contributed by atoms with Crippen molar-refractivity contribution in [3.05, 3.63) is 95.1 Å². The number of rotatable bonds is 4. The van der Waals surface area contributed by atoms with Gasteiger partial charge in [-0.05, 0) is 24.3 Å². The minimum Gasteiger partial charge on any atom is -0.454 e. The number of fused-ring (bicyclic) bond motifs is 1. The summed E-state index contributed by atoms with van der Waals surface area (Å²) in [6, 6.07) is 19.8. The Balaban J connectivity index is 1.48. The molecule has 1 aliphatic heterocycles. The van der Waals surface area contributed by atoms with Gasteiger partial charge in [0.15, 0.2) is 17.3 Å². The maximum atomic E-state index is 12.7. The lowest BCUT2D eigenvalue weighted by Gasteiger charge is -2.11. The van der Waals surface area contributed by atoms with Crippen molar-refractivity contribution in [3.63, 3.8) is 0 Å². The lowest BCUT2D eigenvalue weighted by Crippen LogP contribution is -2.42. The van der Waals surface area contributed by atoms with Gasteiger partial charge < -0.3 is 9.47 Å². The molecule has 144 valence electrons. The lowest BCUT2D eigenvalue weighted by molar-refractivity contribution is 0.0844. The predicted molar refractivity (Wildman–Crippen MR) is 104 cm³/mol. The second-order valence-electron chi connectivity index (χ2n) is 6.22. The molecule has 7 nitrogen and oxygen atoms in total. The van der Waals surface area contributed by atoms with Crippen LogP contribution in [0.15, 0.2) is 72.8 Å². The zero-order chi connectivity index (χ0) is 20.2. The fourth-order valence-electron chi connectivity index (χ4n) is 2.91. The molecule has 0 aromatic heterocycles. The Bertz CT molecular complexity index is 1100. The van der Waals surface area contributed by atoms with Gasteiger partial charge in [0, 0.05) is 16.7 Å². The Labute approximate surface area is 166 Å². The number of ether oxygens (including phenoxy) is 2. The summed E-state index contributed by atoms with van der Waals surface area (Å²) < 4.78 is 10.4. The fraction of sp³-hybridized carbons (Fsp3) is 0.0455. The third-order valence-electron chi connectivity index (χ3n) is 4.38. The first-order valence-corrected chi connectivity index (χ1v) is 8.82. The van der Waals surface area contributed by atoms with Gasteiger partial charge in [-0.3, -0.25) is 25.2 Å². The third kappa shape index (κ3) is 3.79. The van der Waals surface area contributed by atoms with Crippen LogP contribution in [-0.4, -0.2) is 24.4 Å². The molecule has 0 saturated heterocycles. The highest BCUT2D eigenvalue weighted by Gasteiger charge is 2.20. The van der Waals surface area contributed by atoms with E-state index in [1.165, 1.54) is 12.1 Å². The lowest BCUT2D eigenvalue weighted by atomic mass is 9.98. The molecule has 29 heavy (non-hydrogen) atoms. The quantitative estimate of drug-likeness (QED) is 0.530. The van der Waals surface area contributed by atoms with Crippen molar-refractivity contribution in [2.45, 2.75) is 0 Å². The van der Waals surface area contributed by atoms with Crippen LogP contribution >= 0.6 is 0 Å². The molecular formula is C22H16N2O5. The molecule has 1 heterocycles. The van der Waals surface area contributed by atoms with Crippen molar-refractivity contribution in [2.75, 3.05) is 6.79 Å². The molecule has 0 unspecified atom stereocenters. The molecule has 7 heteroatoms. The largest absolute Gasteiger partial charge is 0.454 e. The summed E-state index contributed by atoms with van der Waals surface area (Å²) in [5.74, 6) is -0.386. The molecule has 0 atom stereocenters. The smallest absolute Gasteiger partial charge is 0.270 e. The number of nitrogens with one attached hydrogen (secondary N) is 2. The van der Waals surface area contributed by atoms with Crippen molar-refractivity contribution in [1.29, 1.82) is 0 Å². The zero-order valence-corrected chi connectivity index (χ0v) is 15.2. The van der Waals surface area contributed by atoms with E-state index >= 15 is 0 Å². The van der Waals surface area contributed by atoms with Gasteiger partial charge in [0.2, 0.25) is 6.79 Å². The molecule has 1 aliphatic rings. The minimum atomic E-state index is -0.598. The highest BCUT2D eigenvalue weighted by molar-refractivity contribution is 6.15. The summed E-state index contributed by atoms with van der Waals surface area (Å²) in [4.78, 5) is 37.7. The van der Waals surface area contributed by atoms with Crippen molar-refractivity contribution < 1.29 is 23.9 Å². The van der Waals surface area contributed by atoms with E-state index in [9.17, 15) is 14.4 Å². The summed E-state index contributed by atoms with van der Waals surface area (Å²) in [6.07, 6.45) is 0. The Morgan fingerprint density at radius 1 is 0.655 bits per heavy atom. The Kier molecular flexibility index (Phi) is 4.94. The molecule has 0 fully saturated rings. The number of hydrogen-bond donors (Lipinski definition) is 2. The van der Waals surface area contributed by atoms with Gasteiger partial charge in [0.05, 0.1) is 5.56 Å². The highest BCUT2D eigenvalue weighted by atomic mass is 16.7. The van der Waals surface area contributed by atoms with E-state index in [1.807, 2.05) is 0 Å². The number of ketones is 1. The second kappa shape index (κ2) is 7.85. The van der Waals surface area contributed by atoms with Gasteiger partial charge in [-0.2, -0.15) is 0 Å². The molecule has 0 aliphatic carbocycles. The van der Waals surface area contributed by atoms with Crippen LogP contribution in [0.3, 0.4) is 0 Å². The number of amides is 2. The summed E-state index contributed by atoms with van der Waals surface area (Å²) in [7, 11) is 0. The van der Waals surface area contributed by atoms with Gasteiger partial charge in [0.1, 0.15) is 0 Å². The Morgan fingerprint density at radius 2 is 1.31 bits per heavy atom. The molecule has 0 radical (unpaired) electrons. The van der Waals surface area contributed by atoms with Crippen LogP contribution in [0.2, 0.25) is 0 Å². The van der Waals surface area contributed by atoms with Crippen LogP contribution in [0.1, 0.15) is 36.6 Å². The minimum absolute atomic E-state index is 0.101. The van der Waals surface area contributed by atoms with Crippen LogP contribution in [0.5, 0.6) is 11.5 Å². The fourth-order valence-corrected chi connectivity index (χ4v) is 2.91. The van der Waals surface area contributed by atoms with Crippen LogP contribution in [0, 0.1) is 0 Å². The summed E-state index contributed by atoms with van der Waals surface area (Å²) in [6.45, 7) is 0.101. The average molecular weight is 388 g/mol. The second-order valence-corrected chi connectivity index (χ2v) is 6.22. The van der Waals surface area contributed by atoms with E-state index in [0.29, 0.717) is 22.6 Å². The molecule has 3 aromatic carbocycles. The molecule has 2 N–H and O–H groups in total. The number of hydrazine groups is 1. The van der Waals surface area contributed by atoms with Gasteiger partial charge in [0.25, 0.3) is 11.8 Å².